The van der Waals surface area contributed by atoms with Gasteiger partial charge < -0.3 is 10.3 Å². The van der Waals surface area contributed by atoms with Gasteiger partial charge in [-0.2, -0.15) is 0 Å². The van der Waals surface area contributed by atoms with Gasteiger partial charge in [0.15, 0.2) is 0 Å². The van der Waals surface area contributed by atoms with Crippen molar-refractivity contribution in [3.63, 3.8) is 0 Å². The van der Waals surface area contributed by atoms with Gasteiger partial charge in [-0.15, -0.1) is 12.4 Å². The molecule has 1 aromatic heterocycles. The fraction of sp³-hybridized carbons (Fsp3) is 0.529. The summed E-state index contributed by atoms with van der Waals surface area (Å²) in [6.07, 6.45) is 5.10. The van der Waals surface area contributed by atoms with Gasteiger partial charge in [-0.25, -0.2) is 13.1 Å². The summed E-state index contributed by atoms with van der Waals surface area (Å²) in [6.45, 7) is 2.14. The molecule has 5 nitrogen and oxygen atoms in total. The molecule has 0 spiro atoms. The molecule has 0 aliphatic heterocycles. The van der Waals surface area contributed by atoms with E-state index in [-0.39, 0.29) is 12.4 Å². The number of aromatic nitrogens is 1. The Kier molecular flexibility index (Phi) is 5.64. The number of aryl methyl sites for hydroxylation is 1. The number of halogens is 1. The third-order valence-electron chi connectivity index (χ3n) is 5.07. The Bertz CT molecular complexity index is 824. The van der Waals surface area contributed by atoms with Crippen molar-refractivity contribution in [3.05, 3.63) is 30.0 Å². The van der Waals surface area contributed by atoms with Crippen LogP contribution in [-0.4, -0.2) is 25.1 Å². The van der Waals surface area contributed by atoms with Crippen LogP contribution in [0.2, 0.25) is 0 Å². The molecule has 7 heteroatoms. The summed E-state index contributed by atoms with van der Waals surface area (Å²) < 4.78 is 30.5. The standard InChI is InChI=1S/C17H25N3O2S.ClH/c1-13-16(14-8-4-5-9-15(14)20(13)2)23(21,22)19-12-17(18)10-6-3-7-11-17;/h4-5,8-9,19H,3,6-7,10-12,18H2,1-2H3;1H. The highest BCUT2D eigenvalue weighted by molar-refractivity contribution is 7.89. The van der Waals surface area contributed by atoms with E-state index in [1.165, 1.54) is 6.42 Å². The Morgan fingerprint density at radius 1 is 1.21 bits per heavy atom. The number of nitrogens with one attached hydrogen (secondary N) is 1. The fourth-order valence-electron chi connectivity index (χ4n) is 3.57. The third-order valence-corrected chi connectivity index (χ3v) is 6.65. The van der Waals surface area contributed by atoms with Crippen LogP contribution in [-0.2, 0) is 17.1 Å². The first-order valence-corrected chi connectivity index (χ1v) is 9.65. The quantitative estimate of drug-likeness (QED) is 0.867. The van der Waals surface area contributed by atoms with Crippen LogP contribution in [0.3, 0.4) is 0 Å². The molecule has 1 saturated carbocycles. The zero-order valence-corrected chi connectivity index (χ0v) is 15.8. The molecule has 3 N–H and O–H groups in total. The first-order chi connectivity index (χ1) is 10.8. The zero-order chi connectivity index (χ0) is 16.7. The Balaban J connectivity index is 0.00000208. The molecule has 0 radical (unpaired) electrons. The topological polar surface area (TPSA) is 77.1 Å². The first kappa shape index (κ1) is 19.2. The lowest BCUT2D eigenvalue weighted by molar-refractivity contribution is 0.296. The molecule has 0 atom stereocenters. The smallest absolute Gasteiger partial charge is 0.243 e. The highest BCUT2D eigenvalue weighted by Gasteiger charge is 2.31. The largest absolute Gasteiger partial charge is 0.347 e. The van der Waals surface area contributed by atoms with E-state index >= 15 is 0 Å². The van der Waals surface area contributed by atoms with E-state index in [1.54, 1.807) is 0 Å². The normalized spacial score (nSPS) is 17.6. The summed E-state index contributed by atoms with van der Waals surface area (Å²) >= 11 is 0. The SMILES string of the molecule is Cc1c(S(=O)(=O)NCC2(N)CCCCC2)c2ccccc2n1C.Cl. The Morgan fingerprint density at radius 3 is 2.50 bits per heavy atom. The predicted molar refractivity (Wildman–Crippen MR) is 100 cm³/mol. The summed E-state index contributed by atoms with van der Waals surface area (Å²) in [7, 11) is -1.69. The van der Waals surface area contributed by atoms with Gasteiger partial charge in [0.2, 0.25) is 10.0 Å². The first-order valence-electron chi connectivity index (χ1n) is 8.17. The summed E-state index contributed by atoms with van der Waals surface area (Å²) in [6, 6.07) is 7.58. The second kappa shape index (κ2) is 7.04. The molecular weight excluding hydrogens is 346 g/mol. The van der Waals surface area contributed by atoms with Gasteiger partial charge >= 0.3 is 0 Å². The lowest BCUT2D eigenvalue weighted by Gasteiger charge is -2.33. The maximum Gasteiger partial charge on any atom is 0.243 e. The van der Waals surface area contributed by atoms with Gasteiger partial charge in [-0.1, -0.05) is 37.5 Å². The van der Waals surface area contributed by atoms with Crippen LogP contribution < -0.4 is 10.5 Å². The molecular formula is C17H26ClN3O2S. The van der Waals surface area contributed by atoms with E-state index < -0.39 is 15.6 Å². The second-order valence-electron chi connectivity index (χ2n) is 6.74. The van der Waals surface area contributed by atoms with Crippen molar-refractivity contribution < 1.29 is 8.42 Å². The van der Waals surface area contributed by atoms with Gasteiger partial charge in [-0.05, 0) is 25.8 Å². The van der Waals surface area contributed by atoms with E-state index in [9.17, 15) is 8.42 Å². The molecule has 134 valence electrons. The molecule has 0 unspecified atom stereocenters. The summed E-state index contributed by atoms with van der Waals surface area (Å²) in [4.78, 5) is 0.370. The Labute approximate surface area is 150 Å². The van der Waals surface area contributed by atoms with Crippen molar-refractivity contribution in [1.29, 1.82) is 0 Å². The van der Waals surface area contributed by atoms with Crippen molar-refractivity contribution in [2.24, 2.45) is 12.8 Å². The lowest BCUT2D eigenvalue weighted by atomic mass is 9.83. The van der Waals surface area contributed by atoms with Gasteiger partial charge in [0, 0.05) is 35.7 Å². The number of para-hydroxylation sites is 1. The molecule has 0 saturated heterocycles. The summed E-state index contributed by atoms with van der Waals surface area (Å²) in [5, 5.41) is 0.759. The molecule has 24 heavy (non-hydrogen) atoms. The van der Waals surface area contributed by atoms with Crippen molar-refractivity contribution in [2.45, 2.75) is 49.5 Å². The fourth-order valence-corrected chi connectivity index (χ4v) is 5.18. The molecule has 1 fully saturated rings. The number of hydrogen-bond acceptors (Lipinski definition) is 3. The average molecular weight is 372 g/mol. The van der Waals surface area contributed by atoms with E-state index in [2.05, 4.69) is 4.72 Å². The number of rotatable bonds is 4. The third kappa shape index (κ3) is 3.47. The lowest BCUT2D eigenvalue weighted by Crippen LogP contribution is -2.51. The Morgan fingerprint density at radius 2 is 1.83 bits per heavy atom. The number of sulfonamides is 1. The highest BCUT2D eigenvalue weighted by Crippen LogP contribution is 2.30. The van der Waals surface area contributed by atoms with Gasteiger partial charge in [0.05, 0.1) is 0 Å². The summed E-state index contributed by atoms with van der Waals surface area (Å²) in [5.41, 5.74) is 7.62. The number of hydrogen-bond donors (Lipinski definition) is 2. The summed E-state index contributed by atoms with van der Waals surface area (Å²) in [5.74, 6) is 0. The molecule has 2 aromatic rings. The number of fused-ring (bicyclic) bond motifs is 1. The molecule has 1 aliphatic rings. The van der Waals surface area contributed by atoms with Crippen molar-refractivity contribution in [1.82, 2.24) is 9.29 Å². The minimum absolute atomic E-state index is 0. The average Bonchev–Trinajstić information content (AvgIpc) is 2.79. The van der Waals surface area contributed by atoms with Crippen LogP contribution >= 0.6 is 12.4 Å². The molecule has 0 bridgehead atoms. The maximum absolute atomic E-state index is 12.9. The predicted octanol–water partition coefficient (Wildman–Crippen LogP) is 2.85. The minimum atomic E-state index is -3.59. The van der Waals surface area contributed by atoms with Crippen LogP contribution in [0, 0.1) is 6.92 Å². The van der Waals surface area contributed by atoms with E-state index in [4.69, 9.17) is 5.73 Å². The second-order valence-corrected chi connectivity index (χ2v) is 8.44. The van der Waals surface area contributed by atoms with Gasteiger partial charge in [0.25, 0.3) is 0 Å². The monoisotopic (exact) mass is 371 g/mol. The van der Waals surface area contributed by atoms with E-state index in [0.717, 1.165) is 42.3 Å². The highest BCUT2D eigenvalue weighted by atomic mass is 35.5. The van der Waals surface area contributed by atoms with Crippen LogP contribution in [0.5, 0.6) is 0 Å². The van der Waals surface area contributed by atoms with Gasteiger partial charge in [-0.3, -0.25) is 0 Å². The van der Waals surface area contributed by atoms with E-state index in [1.807, 2.05) is 42.8 Å². The molecule has 3 rings (SSSR count). The van der Waals surface area contributed by atoms with Crippen LogP contribution in [0.15, 0.2) is 29.2 Å². The zero-order valence-electron chi connectivity index (χ0n) is 14.2. The van der Waals surface area contributed by atoms with Crippen molar-refractivity contribution in [2.75, 3.05) is 6.54 Å². The minimum Gasteiger partial charge on any atom is -0.347 e. The molecule has 1 aromatic carbocycles. The Hall–Kier alpha value is -1.08. The van der Waals surface area contributed by atoms with E-state index in [0.29, 0.717) is 11.4 Å². The maximum atomic E-state index is 12.9. The van der Waals surface area contributed by atoms with Crippen LogP contribution in [0.4, 0.5) is 0 Å². The van der Waals surface area contributed by atoms with Gasteiger partial charge in [0.1, 0.15) is 4.90 Å². The van der Waals surface area contributed by atoms with Crippen molar-refractivity contribution in [3.8, 4) is 0 Å². The van der Waals surface area contributed by atoms with Crippen LogP contribution in [0.1, 0.15) is 37.8 Å². The van der Waals surface area contributed by atoms with Crippen molar-refractivity contribution >= 4 is 33.3 Å². The molecule has 1 heterocycles. The molecule has 0 amide bonds. The van der Waals surface area contributed by atoms with Crippen LogP contribution in [0.25, 0.3) is 10.9 Å². The number of nitrogens with zero attached hydrogens (tertiary/aromatic N) is 1. The number of nitrogens with two attached hydrogens (primary N) is 1. The number of benzene rings is 1. The molecule has 1 aliphatic carbocycles.